The van der Waals surface area contributed by atoms with Gasteiger partial charge in [-0.3, -0.25) is 14.3 Å². The van der Waals surface area contributed by atoms with Crippen LogP contribution in [-0.4, -0.2) is 53.4 Å². The molecule has 1 saturated heterocycles. The number of aliphatic hydroxyl groups is 1. The minimum Gasteiger partial charge on any atom is -0.465 e. The van der Waals surface area contributed by atoms with Gasteiger partial charge in [0.05, 0.1) is 24.8 Å². The van der Waals surface area contributed by atoms with E-state index in [1.54, 1.807) is 16.7 Å². The van der Waals surface area contributed by atoms with Crippen molar-refractivity contribution in [1.82, 2.24) is 9.47 Å². The first-order chi connectivity index (χ1) is 14.1. The monoisotopic (exact) mass is 390 g/mol. The van der Waals surface area contributed by atoms with Gasteiger partial charge < -0.3 is 9.84 Å². The first-order valence-electron chi connectivity index (χ1n) is 9.80. The summed E-state index contributed by atoms with van der Waals surface area (Å²) in [5.74, 6) is -0.613. The molecule has 0 radical (unpaired) electrons. The molecule has 0 bridgehead atoms. The lowest BCUT2D eigenvalue weighted by Crippen LogP contribution is -2.44. The Hall–Kier alpha value is -2.96. The number of ether oxygens (including phenoxy) is 1. The van der Waals surface area contributed by atoms with E-state index in [1.165, 1.54) is 7.11 Å². The summed E-state index contributed by atoms with van der Waals surface area (Å²) in [5, 5.41) is 9.06. The SMILES string of the molecule is COC(=O)c1cc2c3n(c1=O)-c1ccccc1[C@@]31CCN(C/C=C/CO)[C@H]1C=C2. The lowest BCUT2D eigenvalue weighted by molar-refractivity contribution is 0.0598. The molecule has 1 aromatic carbocycles. The van der Waals surface area contributed by atoms with Gasteiger partial charge in [-0.25, -0.2) is 4.79 Å². The summed E-state index contributed by atoms with van der Waals surface area (Å²) in [6, 6.07) is 9.77. The highest BCUT2D eigenvalue weighted by Gasteiger charge is 2.56. The van der Waals surface area contributed by atoms with Crippen molar-refractivity contribution in [2.24, 2.45) is 0 Å². The summed E-state index contributed by atoms with van der Waals surface area (Å²) in [4.78, 5) is 27.9. The van der Waals surface area contributed by atoms with Crippen molar-refractivity contribution >= 4 is 12.0 Å². The number of fused-ring (bicyclic) bond motifs is 2. The molecule has 2 aliphatic heterocycles. The van der Waals surface area contributed by atoms with E-state index in [4.69, 9.17) is 9.84 Å². The average molecular weight is 390 g/mol. The largest absolute Gasteiger partial charge is 0.465 e. The van der Waals surface area contributed by atoms with Crippen LogP contribution in [0.2, 0.25) is 0 Å². The predicted molar refractivity (Wildman–Crippen MR) is 109 cm³/mol. The summed E-state index contributed by atoms with van der Waals surface area (Å²) in [5.41, 5.74) is 3.25. The zero-order chi connectivity index (χ0) is 20.2. The highest BCUT2D eigenvalue weighted by Crippen LogP contribution is 2.55. The standard InChI is InChI=1S/C23H22N2O4/c1-29-22(28)16-14-15-8-9-19-23(10-12-24(19)11-4-5-13-26)17-6-2-3-7-18(17)25(20(15)23)21(16)27/h2-9,14,19,26H,10-13H2,1H3/b5-4+/t19-,23+/m0/s1. The molecule has 3 heterocycles. The van der Waals surface area contributed by atoms with Crippen LogP contribution in [0.25, 0.3) is 11.8 Å². The number of esters is 1. The van der Waals surface area contributed by atoms with Gasteiger partial charge in [0.25, 0.3) is 5.56 Å². The van der Waals surface area contributed by atoms with Gasteiger partial charge in [0.15, 0.2) is 0 Å². The molecule has 0 saturated carbocycles. The van der Waals surface area contributed by atoms with Crippen molar-refractivity contribution in [2.75, 3.05) is 26.8 Å². The lowest BCUT2D eigenvalue weighted by atomic mass is 9.69. The molecule has 1 aromatic heterocycles. The second-order valence-electron chi connectivity index (χ2n) is 7.69. The number of pyridine rings is 1. The maximum absolute atomic E-state index is 13.3. The van der Waals surface area contributed by atoms with E-state index in [1.807, 2.05) is 30.4 Å². The summed E-state index contributed by atoms with van der Waals surface area (Å²) in [7, 11) is 1.29. The molecule has 0 amide bonds. The summed E-state index contributed by atoms with van der Waals surface area (Å²) >= 11 is 0. The molecule has 1 aliphatic carbocycles. The molecule has 2 atom stereocenters. The molecule has 5 rings (SSSR count). The summed E-state index contributed by atoms with van der Waals surface area (Å²) in [6.45, 7) is 1.64. The van der Waals surface area contributed by atoms with Gasteiger partial charge in [-0.15, -0.1) is 0 Å². The number of carbonyl (C=O) groups is 1. The third-order valence-electron chi connectivity index (χ3n) is 6.45. The van der Waals surface area contributed by atoms with Crippen LogP contribution in [-0.2, 0) is 10.2 Å². The quantitative estimate of drug-likeness (QED) is 0.638. The Kier molecular flexibility index (Phi) is 4.08. The molecular weight excluding hydrogens is 368 g/mol. The molecule has 0 unspecified atom stereocenters. The zero-order valence-electron chi connectivity index (χ0n) is 16.2. The maximum atomic E-state index is 13.3. The normalized spacial score (nSPS) is 23.9. The van der Waals surface area contributed by atoms with Crippen LogP contribution in [0.1, 0.15) is 33.6 Å². The minimum absolute atomic E-state index is 0.0288. The number of rotatable bonds is 4. The van der Waals surface area contributed by atoms with Gasteiger partial charge in [-0.1, -0.05) is 42.5 Å². The fourth-order valence-electron chi connectivity index (χ4n) is 5.32. The van der Waals surface area contributed by atoms with E-state index in [0.717, 1.165) is 42.0 Å². The zero-order valence-corrected chi connectivity index (χ0v) is 16.2. The number of methoxy groups -OCH3 is 1. The molecule has 3 aliphatic rings. The second-order valence-corrected chi connectivity index (χ2v) is 7.69. The van der Waals surface area contributed by atoms with E-state index < -0.39 is 5.97 Å². The Balaban J connectivity index is 1.76. The van der Waals surface area contributed by atoms with Crippen LogP contribution >= 0.6 is 0 Å². The third-order valence-corrected chi connectivity index (χ3v) is 6.45. The number of aromatic nitrogens is 1. The van der Waals surface area contributed by atoms with E-state index >= 15 is 0 Å². The molecule has 29 heavy (non-hydrogen) atoms. The predicted octanol–water partition coefficient (Wildman–Crippen LogP) is 1.87. The van der Waals surface area contributed by atoms with Gasteiger partial charge in [-0.2, -0.15) is 0 Å². The van der Waals surface area contributed by atoms with Crippen LogP contribution < -0.4 is 5.56 Å². The number of hydrogen-bond donors (Lipinski definition) is 1. The number of hydrogen-bond acceptors (Lipinski definition) is 5. The number of para-hydroxylation sites is 1. The average Bonchev–Trinajstić information content (AvgIpc) is 3.27. The smallest absolute Gasteiger partial charge is 0.343 e. The highest BCUT2D eigenvalue weighted by molar-refractivity contribution is 5.90. The summed E-state index contributed by atoms with van der Waals surface area (Å²) in [6.07, 6.45) is 8.82. The Labute approximate surface area is 168 Å². The Morgan fingerprint density at radius 1 is 1.34 bits per heavy atom. The molecule has 148 valence electrons. The van der Waals surface area contributed by atoms with E-state index in [2.05, 4.69) is 17.0 Å². The van der Waals surface area contributed by atoms with E-state index in [9.17, 15) is 9.59 Å². The van der Waals surface area contributed by atoms with Crippen molar-refractivity contribution in [3.63, 3.8) is 0 Å². The molecule has 1 spiro atoms. The van der Waals surface area contributed by atoms with Gasteiger partial charge in [0, 0.05) is 24.8 Å². The Morgan fingerprint density at radius 3 is 2.97 bits per heavy atom. The van der Waals surface area contributed by atoms with E-state index in [-0.39, 0.29) is 29.2 Å². The number of likely N-dealkylation sites (tertiary alicyclic amines) is 1. The second kappa shape index (κ2) is 6.54. The number of benzene rings is 1. The molecule has 1 fully saturated rings. The van der Waals surface area contributed by atoms with Gasteiger partial charge >= 0.3 is 5.97 Å². The van der Waals surface area contributed by atoms with Crippen LogP contribution in [0.4, 0.5) is 0 Å². The van der Waals surface area contributed by atoms with Crippen LogP contribution in [0.15, 0.2) is 53.4 Å². The highest BCUT2D eigenvalue weighted by atomic mass is 16.5. The third kappa shape index (κ3) is 2.30. The van der Waals surface area contributed by atoms with E-state index in [0.29, 0.717) is 0 Å². The van der Waals surface area contributed by atoms with Crippen LogP contribution in [0, 0.1) is 0 Å². The van der Waals surface area contributed by atoms with Crippen molar-refractivity contribution in [3.05, 3.63) is 81.3 Å². The lowest BCUT2D eigenvalue weighted by Gasteiger charge is -2.37. The van der Waals surface area contributed by atoms with Crippen molar-refractivity contribution < 1.29 is 14.6 Å². The fourth-order valence-corrected chi connectivity index (χ4v) is 5.32. The molecule has 2 aromatic rings. The van der Waals surface area contributed by atoms with Crippen LogP contribution in [0.5, 0.6) is 0 Å². The van der Waals surface area contributed by atoms with Gasteiger partial charge in [0.1, 0.15) is 5.56 Å². The fraction of sp³-hybridized carbons (Fsp3) is 0.304. The van der Waals surface area contributed by atoms with Crippen molar-refractivity contribution in [1.29, 1.82) is 0 Å². The molecule has 6 nitrogen and oxygen atoms in total. The first kappa shape index (κ1) is 18.1. The summed E-state index contributed by atoms with van der Waals surface area (Å²) < 4.78 is 6.58. The topological polar surface area (TPSA) is 71.8 Å². The van der Waals surface area contributed by atoms with Gasteiger partial charge in [0.2, 0.25) is 0 Å². The number of carbonyl (C=O) groups excluding carboxylic acids is 1. The first-order valence-corrected chi connectivity index (χ1v) is 9.80. The van der Waals surface area contributed by atoms with Crippen molar-refractivity contribution in [2.45, 2.75) is 17.9 Å². The molecular formula is C23H22N2O4. The Morgan fingerprint density at radius 2 is 2.17 bits per heavy atom. The maximum Gasteiger partial charge on any atom is 0.343 e. The van der Waals surface area contributed by atoms with Crippen LogP contribution in [0.3, 0.4) is 0 Å². The minimum atomic E-state index is -0.613. The van der Waals surface area contributed by atoms with Crippen molar-refractivity contribution in [3.8, 4) is 5.69 Å². The molecule has 1 N–H and O–H groups in total. The Bertz CT molecular complexity index is 1130. The number of aliphatic hydroxyl groups excluding tert-OH is 1. The number of nitrogens with zero attached hydrogens (tertiary/aromatic N) is 2. The molecule has 6 heteroatoms. The van der Waals surface area contributed by atoms with Gasteiger partial charge in [-0.05, 0) is 29.7 Å².